The van der Waals surface area contributed by atoms with Crippen LogP contribution in [0.4, 0.5) is 0 Å². The lowest BCUT2D eigenvalue weighted by molar-refractivity contribution is -0.122. The number of benzene rings is 2. The highest BCUT2D eigenvalue weighted by molar-refractivity contribution is 6.42. The molecule has 2 aliphatic rings. The van der Waals surface area contributed by atoms with Gasteiger partial charge >= 0.3 is 0 Å². The van der Waals surface area contributed by atoms with Crippen molar-refractivity contribution in [1.82, 2.24) is 10.6 Å². The number of hydrogen-bond donors (Lipinski definition) is 2. The Balaban J connectivity index is 1.37. The van der Waals surface area contributed by atoms with E-state index in [0.717, 1.165) is 30.6 Å². The summed E-state index contributed by atoms with van der Waals surface area (Å²) < 4.78 is 0. The minimum Gasteiger partial charge on any atom is -0.352 e. The molecule has 2 unspecified atom stereocenters. The summed E-state index contributed by atoms with van der Waals surface area (Å²) in [6.07, 6.45) is 0.833. The lowest BCUT2D eigenvalue weighted by Gasteiger charge is -2.08. The average Bonchev–Trinajstić information content (AvgIpc) is 3.24. The monoisotopic (exact) mass is 360 g/mol. The van der Waals surface area contributed by atoms with Crippen LogP contribution in [0.25, 0.3) is 0 Å². The largest absolute Gasteiger partial charge is 0.352 e. The van der Waals surface area contributed by atoms with Crippen LogP contribution in [-0.2, 0) is 24.4 Å². The third kappa shape index (κ3) is 3.04. The second-order valence-electron chi connectivity index (χ2n) is 6.52. The molecule has 2 aromatic carbocycles. The quantitative estimate of drug-likeness (QED) is 0.864. The molecule has 0 bridgehead atoms. The fourth-order valence-corrected chi connectivity index (χ4v) is 3.86. The van der Waals surface area contributed by atoms with Gasteiger partial charge in [0.05, 0.1) is 10.0 Å². The molecule has 5 heteroatoms. The highest BCUT2D eigenvalue weighted by Gasteiger charge is 2.44. The van der Waals surface area contributed by atoms with E-state index in [0.29, 0.717) is 16.6 Å². The van der Waals surface area contributed by atoms with E-state index in [2.05, 4.69) is 28.8 Å². The van der Waals surface area contributed by atoms with Crippen molar-refractivity contribution < 1.29 is 4.79 Å². The molecule has 1 saturated carbocycles. The third-order valence-corrected chi connectivity index (χ3v) is 5.71. The zero-order chi connectivity index (χ0) is 16.7. The number of amides is 1. The molecule has 2 aromatic rings. The Morgan fingerprint density at radius 1 is 1.17 bits per heavy atom. The average molecular weight is 361 g/mol. The Morgan fingerprint density at radius 2 is 2.00 bits per heavy atom. The van der Waals surface area contributed by atoms with Crippen LogP contribution >= 0.6 is 23.2 Å². The van der Waals surface area contributed by atoms with Gasteiger partial charge in [0.2, 0.25) is 5.91 Å². The Kier molecular flexibility index (Phi) is 4.25. The predicted molar refractivity (Wildman–Crippen MR) is 96.1 cm³/mol. The van der Waals surface area contributed by atoms with Crippen LogP contribution in [0, 0.1) is 5.92 Å². The van der Waals surface area contributed by atoms with E-state index in [4.69, 9.17) is 23.2 Å². The van der Waals surface area contributed by atoms with Gasteiger partial charge in [-0.2, -0.15) is 0 Å². The molecule has 4 rings (SSSR count). The third-order valence-electron chi connectivity index (χ3n) is 4.88. The van der Waals surface area contributed by atoms with Crippen LogP contribution < -0.4 is 10.6 Å². The maximum absolute atomic E-state index is 12.4. The number of rotatable bonds is 4. The number of carbonyl (C=O) groups is 1. The van der Waals surface area contributed by atoms with Crippen molar-refractivity contribution in [3.8, 4) is 0 Å². The van der Waals surface area contributed by atoms with Crippen molar-refractivity contribution in [3.05, 3.63) is 68.7 Å². The fourth-order valence-electron chi connectivity index (χ4n) is 3.41. The zero-order valence-electron chi connectivity index (χ0n) is 13.1. The number of hydrogen-bond acceptors (Lipinski definition) is 2. The van der Waals surface area contributed by atoms with Crippen molar-refractivity contribution in [2.75, 3.05) is 0 Å². The van der Waals surface area contributed by atoms with Gasteiger partial charge < -0.3 is 10.6 Å². The molecule has 3 nitrogen and oxygen atoms in total. The highest BCUT2D eigenvalue weighted by Crippen LogP contribution is 2.50. The Morgan fingerprint density at radius 3 is 2.88 bits per heavy atom. The predicted octanol–water partition coefficient (Wildman–Crippen LogP) is 4.02. The standard InChI is InChI=1S/C19H18Cl2N2O/c20-17-3-1-2-14(18(17)21)15-7-16(15)19(24)23-8-11-4-5-12-9-22-10-13(12)6-11/h1-6,15-16,22H,7-10H2,(H,23,24). The van der Waals surface area contributed by atoms with Gasteiger partial charge in [-0.25, -0.2) is 0 Å². The van der Waals surface area contributed by atoms with Crippen LogP contribution in [0.15, 0.2) is 36.4 Å². The van der Waals surface area contributed by atoms with E-state index < -0.39 is 0 Å². The normalized spacial score (nSPS) is 21.4. The highest BCUT2D eigenvalue weighted by atomic mass is 35.5. The first-order valence-electron chi connectivity index (χ1n) is 8.16. The van der Waals surface area contributed by atoms with Crippen molar-refractivity contribution in [3.63, 3.8) is 0 Å². The fraction of sp³-hybridized carbons (Fsp3) is 0.316. The molecular formula is C19H18Cl2N2O. The first kappa shape index (κ1) is 15.9. The van der Waals surface area contributed by atoms with Crippen molar-refractivity contribution in [2.24, 2.45) is 5.92 Å². The molecule has 2 atom stereocenters. The van der Waals surface area contributed by atoms with E-state index in [1.54, 1.807) is 6.07 Å². The summed E-state index contributed by atoms with van der Waals surface area (Å²) >= 11 is 12.3. The molecule has 24 heavy (non-hydrogen) atoms. The molecule has 1 aliphatic heterocycles. The summed E-state index contributed by atoms with van der Waals surface area (Å²) in [5.74, 6) is 0.271. The van der Waals surface area contributed by atoms with Crippen molar-refractivity contribution >= 4 is 29.1 Å². The second kappa shape index (κ2) is 6.40. The van der Waals surface area contributed by atoms with E-state index in [9.17, 15) is 4.79 Å². The first-order chi connectivity index (χ1) is 11.6. The molecule has 0 aromatic heterocycles. The summed E-state index contributed by atoms with van der Waals surface area (Å²) in [4.78, 5) is 12.4. The van der Waals surface area contributed by atoms with E-state index in [-0.39, 0.29) is 17.7 Å². The topological polar surface area (TPSA) is 41.1 Å². The Bertz CT molecular complexity index is 806. The van der Waals surface area contributed by atoms with E-state index in [1.807, 2.05) is 12.1 Å². The van der Waals surface area contributed by atoms with Gasteiger partial charge in [0.15, 0.2) is 0 Å². The molecule has 2 N–H and O–H groups in total. The molecule has 1 fully saturated rings. The summed E-state index contributed by atoms with van der Waals surface area (Å²) in [7, 11) is 0. The summed E-state index contributed by atoms with van der Waals surface area (Å²) in [6.45, 7) is 2.42. The second-order valence-corrected chi connectivity index (χ2v) is 7.30. The molecule has 124 valence electrons. The van der Waals surface area contributed by atoms with E-state index in [1.165, 1.54) is 11.1 Å². The summed E-state index contributed by atoms with van der Waals surface area (Å²) in [5.41, 5.74) is 4.80. The van der Waals surface area contributed by atoms with Crippen LogP contribution in [0.1, 0.15) is 34.6 Å². The molecule has 1 heterocycles. The number of carbonyl (C=O) groups excluding carboxylic acids is 1. The van der Waals surface area contributed by atoms with Gasteiger partial charge in [0.1, 0.15) is 0 Å². The smallest absolute Gasteiger partial charge is 0.224 e. The zero-order valence-corrected chi connectivity index (χ0v) is 14.6. The molecular weight excluding hydrogens is 343 g/mol. The lowest BCUT2D eigenvalue weighted by atomic mass is 10.1. The summed E-state index contributed by atoms with van der Waals surface area (Å²) in [5, 5.41) is 7.50. The van der Waals surface area contributed by atoms with Crippen LogP contribution in [0.2, 0.25) is 10.0 Å². The van der Waals surface area contributed by atoms with Gasteiger partial charge in [-0.3, -0.25) is 4.79 Å². The minimum atomic E-state index is -0.00272. The SMILES string of the molecule is O=C(NCc1ccc2c(c1)CNC2)C1CC1c1cccc(Cl)c1Cl. The Hall–Kier alpha value is -1.55. The van der Waals surface area contributed by atoms with Crippen LogP contribution in [0.5, 0.6) is 0 Å². The van der Waals surface area contributed by atoms with Crippen molar-refractivity contribution in [1.29, 1.82) is 0 Å². The van der Waals surface area contributed by atoms with E-state index >= 15 is 0 Å². The summed E-state index contributed by atoms with van der Waals surface area (Å²) in [6, 6.07) is 12.0. The van der Waals surface area contributed by atoms with Crippen LogP contribution in [0.3, 0.4) is 0 Å². The van der Waals surface area contributed by atoms with Gasteiger partial charge in [0.25, 0.3) is 0 Å². The molecule has 1 amide bonds. The maximum Gasteiger partial charge on any atom is 0.224 e. The lowest BCUT2D eigenvalue weighted by Crippen LogP contribution is -2.25. The first-order valence-corrected chi connectivity index (χ1v) is 8.92. The number of halogens is 2. The van der Waals surface area contributed by atoms with Gasteiger partial charge in [-0.1, -0.05) is 53.5 Å². The maximum atomic E-state index is 12.4. The van der Waals surface area contributed by atoms with Gasteiger partial charge in [0, 0.05) is 25.6 Å². The molecule has 0 saturated heterocycles. The van der Waals surface area contributed by atoms with Crippen LogP contribution in [-0.4, -0.2) is 5.91 Å². The molecule has 0 spiro atoms. The number of fused-ring (bicyclic) bond motifs is 1. The minimum absolute atomic E-state index is 0.00272. The Labute approximate surface area is 151 Å². The number of nitrogens with one attached hydrogen (secondary N) is 2. The molecule has 1 aliphatic carbocycles. The van der Waals surface area contributed by atoms with Crippen molar-refractivity contribution in [2.45, 2.75) is 32.0 Å². The molecule has 0 radical (unpaired) electrons. The van der Waals surface area contributed by atoms with Gasteiger partial charge in [-0.05, 0) is 40.7 Å². The van der Waals surface area contributed by atoms with Gasteiger partial charge in [-0.15, -0.1) is 0 Å².